The third-order valence-corrected chi connectivity index (χ3v) is 8.38. The molecule has 8 heteroatoms. The minimum atomic E-state index is -4.09. The lowest BCUT2D eigenvalue weighted by atomic mass is 10.1. The summed E-state index contributed by atoms with van der Waals surface area (Å²) in [4.78, 5) is 28.5. The van der Waals surface area contributed by atoms with Crippen LogP contribution in [0.4, 0.5) is 5.69 Å². The molecule has 0 saturated carbocycles. The summed E-state index contributed by atoms with van der Waals surface area (Å²) in [5.74, 6) is -0.736. The quantitative estimate of drug-likeness (QED) is 0.373. The van der Waals surface area contributed by atoms with Crippen molar-refractivity contribution in [3.05, 3.63) is 95.1 Å². The summed E-state index contributed by atoms with van der Waals surface area (Å²) in [6.45, 7) is 10.8. The maximum absolute atomic E-state index is 14.0. The number of nitrogens with zero attached hydrogens (tertiary/aromatic N) is 2. The molecule has 3 aromatic rings. The van der Waals surface area contributed by atoms with Crippen molar-refractivity contribution in [2.24, 2.45) is 0 Å². The number of nitrogens with one attached hydrogen (secondary N) is 1. The summed E-state index contributed by atoms with van der Waals surface area (Å²) in [6, 6.07) is 20.9. The van der Waals surface area contributed by atoms with Crippen molar-refractivity contribution in [3.63, 3.8) is 0 Å². The Labute approximate surface area is 232 Å². The molecule has 0 fully saturated rings. The van der Waals surface area contributed by atoms with E-state index < -0.39 is 28.5 Å². The van der Waals surface area contributed by atoms with Gasteiger partial charge in [0.15, 0.2) is 0 Å². The van der Waals surface area contributed by atoms with Crippen molar-refractivity contribution in [2.45, 2.75) is 64.9 Å². The van der Waals surface area contributed by atoms with Crippen LogP contribution < -0.4 is 9.62 Å². The summed E-state index contributed by atoms with van der Waals surface area (Å²) in [5, 5.41) is 2.87. The van der Waals surface area contributed by atoms with Crippen molar-refractivity contribution < 1.29 is 18.0 Å². The molecule has 0 aliphatic heterocycles. The number of hydrogen-bond acceptors (Lipinski definition) is 4. The third kappa shape index (κ3) is 7.69. The van der Waals surface area contributed by atoms with Gasteiger partial charge in [-0.2, -0.15) is 0 Å². The lowest BCUT2D eigenvalue weighted by molar-refractivity contribution is -0.139. The van der Waals surface area contributed by atoms with Crippen LogP contribution in [0, 0.1) is 20.8 Å². The van der Waals surface area contributed by atoms with Crippen LogP contribution in [0.25, 0.3) is 0 Å². The van der Waals surface area contributed by atoms with Crippen LogP contribution >= 0.6 is 0 Å². The van der Waals surface area contributed by atoms with E-state index in [1.807, 2.05) is 77.1 Å². The Morgan fingerprint density at radius 3 is 2.08 bits per heavy atom. The van der Waals surface area contributed by atoms with Gasteiger partial charge in [0, 0.05) is 12.6 Å². The van der Waals surface area contributed by atoms with E-state index in [9.17, 15) is 18.0 Å². The Morgan fingerprint density at radius 1 is 0.846 bits per heavy atom. The first-order valence-electron chi connectivity index (χ1n) is 13.2. The summed E-state index contributed by atoms with van der Waals surface area (Å²) in [5.41, 5.74) is 3.99. The molecule has 1 unspecified atom stereocenters. The maximum atomic E-state index is 14.0. The van der Waals surface area contributed by atoms with Crippen LogP contribution in [0.2, 0.25) is 0 Å². The summed E-state index contributed by atoms with van der Waals surface area (Å²) >= 11 is 0. The number of benzene rings is 3. The van der Waals surface area contributed by atoms with Gasteiger partial charge in [-0.15, -0.1) is 0 Å². The van der Waals surface area contributed by atoms with E-state index in [4.69, 9.17) is 0 Å². The van der Waals surface area contributed by atoms with E-state index in [1.54, 1.807) is 37.3 Å². The smallest absolute Gasteiger partial charge is 0.264 e. The molecule has 0 radical (unpaired) electrons. The largest absolute Gasteiger partial charge is 0.352 e. The summed E-state index contributed by atoms with van der Waals surface area (Å²) < 4.78 is 29.1. The Bertz CT molecular complexity index is 1390. The molecule has 0 aliphatic rings. The van der Waals surface area contributed by atoms with Gasteiger partial charge in [-0.1, -0.05) is 60.2 Å². The third-order valence-electron chi connectivity index (χ3n) is 6.60. The SMILES string of the molecule is Cc1ccc(S(=O)(=O)N(CC(=O)N(CCc2ccccc2)C(C)C(=O)NC(C)C)c2cc(C)ccc2C)cc1. The average molecular weight is 550 g/mol. The Hall–Kier alpha value is -3.65. The molecule has 0 aliphatic carbocycles. The standard InChI is InChI=1S/C31H39N3O4S/c1-22(2)32-31(36)26(6)33(19-18-27-10-8-7-9-11-27)30(35)21-34(29-20-24(4)12-15-25(29)5)39(37,38)28-16-13-23(3)14-17-28/h7-17,20,22,26H,18-19,21H2,1-6H3,(H,32,36). The van der Waals surface area contributed by atoms with Crippen LogP contribution in [0.5, 0.6) is 0 Å². The number of carbonyl (C=O) groups is 2. The van der Waals surface area contributed by atoms with Gasteiger partial charge in [0.05, 0.1) is 10.6 Å². The Kier molecular flexibility index (Phi) is 9.92. The number of carbonyl (C=O) groups excluding carboxylic acids is 2. The maximum Gasteiger partial charge on any atom is 0.264 e. The summed E-state index contributed by atoms with van der Waals surface area (Å²) in [6.07, 6.45) is 0.528. The number of anilines is 1. The molecule has 208 valence electrons. The van der Waals surface area contributed by atoms with Gasteiger partial charge < -0.3 is 10.2 Å². The number of rotatable bonds is 11. The predicted molar refractivity (Wildman–Crippen MR) is 156 cm³/mol. The molecule has 0 heterocycles. The highest BCUT2D eigenvalue weighted by Gasteiger charge is 2.33. The van der Waals surface area contributed by atoms with Crippen molar-refractivity contribution in [1.82, 2.24) is 10.2 Å². The fraction of sp³-hybridized carbons (Fsp3) is 0.355. The number of aryl methyl sites for hydroxylation is 3. The van der Waals surface area contributed by atoms with E-state index in [0.29, 0.717) is 12.1 Å². The first-order chi connectivity index (χ1) is 18.4. The Balaban J connectivity index is 2.02. The lowest BCUT2D eigenvalue weighted by Gasteiger charge is -2.33. The van der Waals surface area contributed by atoms with Gasteiger partial charge >= 0.3 is 0 Å². The highest BCUT2D eigenvalue weighted by molar-refractivity contribution is 7.92. The highest BCUT2D eigenvalue weighted by Crippen LogP contribution is 2.28. The zero-order valence-electron chi connectivity index (χ0n) is 23.6. The molecule has 3 aromatic carbocycles. The topological polar surface area (TPSA) is 86.8 Å². The van der Waals surface area contributed by atoms with Crippen LogP contribution in [0.1, 0.15) is 43.0 Å². The first-order valence-corrected chi connectivity index (χ1v) is 14.6. The van der Waals surface area contributed by atoms with Gasteiger partial charge in [-0.25, -0.2) is 8.42 Å². The highest BCUT2D eigenvalue weighted by atomic mass is 32.2. The molecule has 0 aromatic heterocycles. The zero-order chi connectivity index (χ0) is 28.7. The van der Waals surface area contributed by atoms with Crippen LogP contribution in [0.3, 0.4) is 0 Å². The van der Waals surface area contributed by atoms with Gasteiger partial charge in [0.2, 0.25) is 11.8 Å². The Morgan fingerprint density at radius 2 is 1.46 bits per heavy atom. The predicted octanol–water partition coefficient (Wildman–Crippen LogP) is 4.79. The molecule has 7 nitrogen and oxygen atoms in total. The van der Waals surface area contributed by atoms with E-state index in [0.717, 1.165) is 22.3 Å². The minimum absolute atomic E-state index is 0.0978. The van der Waals surface area contributed by atoms with Crippen molar-refractivity contribution >= 4 is 27.5 Å². The van der Waals surface area contributed by atoms with Crippen LogP contribution in [-0.4, -0.2) is 50.3 Å². The fourth-order valence-corrected chi connectivity index (χ4v) is 5.78. The molecule has 0 saturated heterocycles. The second-order valence-corrected chi connectivity index (χ2v) is 12.1. The number of sulfonamides is 1. The van der Waals surface area contributed by atoms with Crippen molar-refractivity contribution in [1.29, 1.82) is 0 Å². The number of hydrogen-bond donors (Lipinski definition) is 1. The number of amides is 2. The monoisotopic (exact) mass is 549 g/mol. The van der Waals surface area contributed by atoms with E-state index in [-0.39, 0.29) is 23.4 Å². The van der Waals surface area contributed by atoms with Crippen molar-refractivity contribution in [3.8, 4) is 0 Å². The molecular weight excluding hydrogens is 510 g/mol. The van der Waals surface area contributed by atoms with Gasteiger partial charge in [-0.3, -0.25) is 13.9 Å². The minimum Gasteiger partial charge on any atom is -0.352 e. The van der Waals surface area contributed by atoms with Gasteiger partial charge in [0.1, 0.15) is 12.6 Å². The van der Waals surface area contributed by atoms with Gasteiger partial charge in [-0.05, 0) is 82.9 Å². The lowest BCUT2D eigenvalue weighted by Crippen LogP contribution is -2.53. The molecule has 1 N–H and O–H groups in total. The second kappa shape index (κ2) is 12.9. The van der Waals surface area contributed by atoms with Gasteiger partial charge in [0.25, 0.3) is 10.0 Å². The fourth-order valence-electron chi connectivity index (χ4n) is 4.31. The second-order valence-electron chi connectivity index (χ2n) is 10.3. The van der Waals surface area contributed by atoms with Crippen LogP contribution in [-0.2, 0) is 26.0 Å². The average Bonchev–Trinajstić information content (AvgIpc) is 2.89. The molecule has 3 rings (SSSR count). The molecular formula is C31H39N3O4S. The first kappa shape index (κ1) is 29.9. The molecule has 0 bridgehead atoms. The van der Waals surface area contributed by atoms with Crippen LogP contribution in [0.15, 0.2) is 77.7 Å². The van der Waals surface area contributed by atoms with E-state index >= 15 is 0 Å². The van der Waals surface area contributed by atoms with Crippen molar-refractivity contribution in [2.75, 3.05) is 17.4 Å². The molecule has 39 heavy (non-hydrogen) atoms. The molecule has 1 atom stereocenters. The summed E-state index contributed by atoms with van der Waals surface area (Å²) in [7, 11) is -4.09. The van der Waals surface area contributed by atoms with E-state index in [2.05, 4.69) is 5.32 Å². The normalized spacial score (nSPS) is 12.2. The van der Waals surface area contributed by atoms with E-state index in [1.165, 1.54) is 9.21 Å². The molecule has 0 spiro atoms. The zero-order valence-corrected chi connectivity index (χ0v) is 24.5. The molecule has 2 amide bonds.